The summed E-state index contributed by atoms with van der Waals surface area (Å²) in [6, 6.07) is 3.80. The van der Waals surface area contributed by atoms with Gasteiger partial charge in [0.2, 0.25) is 5.91 Å². The highest BCUT2D eigenvalue weighted by atomic mass is 32.1. The average molecular weight is 406 g/mol. The summed E-state index contributed by atoms with van der Waals surface area (Å²) in [5.41, 5.74) is 0. The molecule has 4 rings (SSSR count). The van der Waals surface area contributed by atoms with Crippen LogP contribution in [0.2, 0.25) is 0 Å². The zero-order chi connectivity index (χ0) is 19.5. The van der Waals surface area contributed by atoms with Gasteiger partial charge in [-0.15, -0.1) is 11.3 Å². The van der Waals surface area contributed by atoms with E-state index in [1.165, 1.54) is 56.7 Å². The number of likely N-dealkylation sites (tertiary alicyclic amines) is 1. The van der Waals surface area contributed by atoms with E-state index in [1.807, 2.05) is 24.0 Å². The fourth-order valence-electron chi connectivity index (χ4n) is 4.16. The topological polar surface area (TPSA) is 61.9 Å². The van der Waals surface area contributed by atoms with Crippen molar-refractivity contribution < 1.29 is 14.3 Å². The third kappa shape index (κ3) is 5.33. The van der Waals surface area contributed by atoms with E-state index < -0.39 is 0 Å². The molecule has 0 bridgehead atoms. The molecular formula is C21H31N3O3S. The number of piperidine rings is 1. The molecular weight excluding hydrogens is 374 g/mol. The third-order valence-corrected chi connectivity index (χ3v) is 7.07. The summed E-state index contributed by atoms with van der Waals surface area (Å²) >= 11 is 1.49. The number of amides is 2. The maximum absolute atomic E-state index is 12.3. The molecule has 1 aromatic rings. The Labute approximate surface area is 171 Å². The number of nitrogens with zero attached hydrogens (tertiary/aromatic N) is 2. The highest BCUT2D eigenvalue weighted by Crippen LogP contribution is 2.31. The molecule has 154 valence electrons. The number of hydrogen-bond acceptors (Lipinski definition) is 5. The van der Waals surface area contributed by atoms with Crippen molar-refractivity contribution in [3.05, 3.63) is 21.9 Å². The standard InChI is InChI=1S/C21H31N3O3S/c1-15-2-5-19(28-15)21(26)22-10-18-13-24(20(25)14-27-18)12-17-6-8-23(9-7-17)11-16-3-4-16/h2,5,16-18H,3-4,6-14H2,1H3,(H,22,26)/t18-/m0/s1. The molecule has 6 nitrogen and oxygen atoms in total. The van der Waals surface area contributed by atoms with Gasteiger partial charge >= 0.3 is 0 Å². The van der Waals surface area contributed by atoms with E-state index in [9.17, 15) is 9.59 Å². The molecule has 3 heterocycles. The lowest BCUT2D eigenvalue weighted by molar-refractivity contribution is -0.149. The maximum atomic E-state index is 12.3. The molecule has 0 unspecified atom stereocenters. The van der Waals surface area contributed by atoms with Crippen LogP contribution in [0.4, 0.5) is 0 Å². The molecule has 3 aliphatic rings. The highest BCUT2D eigenvalue weighted by Gasteiger charge is 2.31. The first kappa shape index (κ1) is 19.9. The Morgan fingerprint density at radius 3 is 2.61 bits per heavy atom. The van der Waals surface area contributed by atoms with Crippen molar-refractivity contribution >= 4 is 23.2 Å². The van der Waals surface area contributed by atoms with Crippen molar-refractivity contribution in [2.24, 2.45) is 11.8 Å². The molecule has 2 amide bonds. The van der Waals surface area contributed by atoms with Gasteiger partial charge < -0.3 is 19.9 Å². The van der Waals surface area contributed by atoms with Gasteiger partial charge in [-0.1, -0.05) is 0 Å². The van der Waals surface area contributed by atoms with Gasteiger partial charge in [-0.05, 0) is 69.7 Å². The van der Waals surface area contributed by atoms with Crippen molar-refractivity contribution in [2.75, 3.05) is 45.9 Å². The van der Waals surface area contributed by atoms with Gasteiger partial charge in [-0.2, -0.15) is 0 Å². The normalized spacial score (nSPS) is 24.5. The fraction of sp³-hybridized carbons (Fsp3) is 0.714. The first-order valence-electron chi connectivity index (χ1n) is 10.5. The number of aryl methyl sites for hydroxylation is 1. The van der Waals surface area contributed by atoms with Crippen LogP contribution < -0.4 is 5.32 Å². The van der Waals surface area contributed by atoms with E-state index >= 15 is 0 Å². The Balaban J connectivity index is 1.21. The van der Waals surface area contributed by atoms with Crippen LogP contribution in [0.5, 0.6) is 0 Å². The lowest BCUT2D eigenvalue weighted by Gasteiger charge is -2.38. The van der Waals surface area contributed by atoms with Crippen molar-refractivity contribution in [3.8, 4) is 0 Å². The molecule has 1 aliphatic carbocycles. The Hall–Kier alpha value is -1.44. The molecule has 2 saturated heterocycles. The molecule has 1 atom stereocenters. The smallest absolute Gasteiger partial charge is 0.261 e. The molecule has 0 aromatic carbocycles. The molecule has 0 spiro atoms. The Morgan fingerprint density at radius 2 is 1.93 bits per heavy atom. The van der Waals surface area contributed by atoms with Gasteiger partial charge in [-0.3, -0.25) is 9.59 Å². The monoisotopic (exact) mass is 405 g/mol. The SMILES string of the molecule is Cc1ccc(C(=O)NC[C@H]2CN(CC3CCN(CC4CC4)CC3)C(=O)CO2)s1. The van der Waals surface area contributed by atoms with Gasteiger partial charge in [0.05, 0.1) is 11.0 Å². The minimum atomic E-state index is -0.127. The van der Waals surface area contributed by atoms with E-state index in [4.69, 9.17) is 4.74 Å². The minimum absolute atomic E-state index is 0.0619. The number of carbonyl (C=O) groups is 2. The van der Waals surface area contributed by atoms with Crippen LogP contribution in [-0.4, -0.2) is 73.6 Å². The highest BCUT2D eigenvalue weighted by molar-refractivity contribution is 7.13. The summed E-state index contributed by atoms with van der Waals surface area (Å²) in [6.45, 7) is 7.57. The van der Waals surface area contributed by atoms with E-state index in [-0.39, 0.29) is 24.5 Å². The predicted molar refractivity (Wildman–Crippen MR) is 110 cm³/mol. The first-order valence-corrected chi connectivity index (χ1v) is 11.3. The van der Waals surface area contributed by atoms with Crippen molar-refractivity contribution in [2.45, 2.75) is 38.7 Å². The van der Waals surface area contributed by atoms with Crippen LogP contribution in [0, 0.1) is 18.8 Å². The van der Waals surface area contributed by atoms with Gasteiger partial charge in [0.15, 0.2) is 0 Å². The summed E-state index contributed by atoms with van der Waals surface area (Å²) in [7, 11) is 0. The van der Waals surface area contributed by atoms with Crippen LogP contribution in [0.25, 0.3) is 0 Å². The largest absolute Gasteiger partial charge is 0.365 e. The molecule has 28 heavy (non-hydrogen) atoms. The lowest BCUT2D eigenvalue weighted by atomic mass is 9.95. The summed E-state index contributed by atoms with van der Waals surface area (Å²) in [5.74, 6) is 1.55. The summed E-state index contributed by atoms with van der Waals surface area (Å²) in [5, 5.41) is 2.95. The van der Waals surface area contributed by atoms with E-state index in [0.29, 0.717) is 19.0 Å². The third-order valence-electron chi connectivity index (χ3n) is 6.07. The molecule has 1 N–H and O–H groups in total. The second-order valence-electron chi connectivity index (χ2n) is 8.54. The number of morpholine rings is 1. The van der Waals surface area contributed by atoms with Crippen LogP contribution in [0.3, 0.4) is 0 Å². The quantitative estimate of drug-likeness (QED) is 0.755. The fourth-order valence-corrected chi connectivity index (χ4v) is 4.94. The van der Waals surface area contributed by atoms with Gasteiger partial charge in [0.25, 0.3) is 5.91 Å². The number of rotatable bonds is 7. The van der Waals surface area contributed by atoms with Crippen LogP contribution in [-0.2, 0) is 9.53 Å². The zero-order valence-electron chi connectivity index (χ0n) is 16.7. The number of nitrogens with one attached hydrogen (secondary N) is 1. The number of hydrogen-bond donors (Lipinski definition) is 1. The lowest BCUT2D eigenvalue weighted by Crippen LogP contribution is -2.52. The zero-order valence-corrected chi connectivity index (χ0v) is 17.5. The molecule has 7 heteroatoms. The van der Waals surface area contributed by atoms with Crippen LogP contribution in [0.1, 0.15) is 40.2 Å². The van der Waals surface area contributed by atoms with E-state index in [0.717, 1.165) is 22.2 Å². The maximum Gasteiger partial charge on any atom is 0.261 e. The average Bonchev–Trinajstić information content (AvgIpc) is 3.40. The second-order valence-corrected chi connectivity index (χ2v) is 9.83. The molecule has 1 aromatic heterocycles. The molecule has 2 aliphatic heterocycles. The molecule has 1 saturated carbocycles. The minimum Gasteiger partial charge on any atom is -0.365 e. The molecule has 3 fully saturated rings. The van der Waals surface area contributed by atoms with E-state index in [1.54, 1.807) is 0 Å². The predicted octanol–water partition coefficient (Wildman–Crippen LogP) is 2.14. The number of carbonyl (C=O) groups excluding carboxylic acids is 2. The Bertz CT molecular complexity index is 695. The van der Waals surface area contributed by atoms with Crippen LogP contribution in [0.15, 0.2) is 12.1 Å². The Kier molecular flexibility index (Phi) is 6.33. The number of ether oxygens (including phenoxy) is 1. The van der Waals surface area contributed by atoms with Crippen molar-refractivity contribution in [1.82, 2.24) is 15.1 Å². The van der Waals surface area contributed by atoms with Crippen molar-refractivity contribution in [1.29, 1.82) is 0 Å². The van der Waals surface area contributed by atoms with E-state index in [2.05, 4.69) is 10.2 Å². The summed E-state index contributed by atoms with van der Waals surface area (Å²) < 4.78 is 5.66. The molecule has 0 radical (unpaired) electrons. The Morgan fingerprint density at radius 1 is 1.18 bits per heavy atom. The van der Waals surface area contributed by atoms with Gasteiger partial charge in [-0.25, -0.2) is 0 Å². The van der Waals surface area contributed by atoms with Gasteiger partial charge in [0.1, 0.15) is 6.61 Å². The number of thiophene rings is 1. The summed E-state index contributed by atoms with van der Waals surface area (Å²) in [6.07, 6.45) is 5.04. The van der Waals surface area contributed by atoms with Crippen LogP contribution >= 0.6 is 11.3 Å². The summed E-state index contributed by atoms with van der Waals surface area (Å²) in [4.78, 5) is 30.9. The van der Waals surface area contributed by atoms with Gasteiger partial charge in [0, 0.05) is 31.1 Å². The first-order chi connectivity index (χ1) is 13.6. The van der Waals surface area contributed by atoms with Crippen molar-refractivity contribution in [3.63, 3.8) is 0 Å². The second kappa shape index (κ2) is 8.93.